The smallest absolute Gasteiger partial charge is 0.255 e. The molecule has 1 heterocycles. The Morgan fingerprint density at radius 1 is 1.39 bits per heavy atom. The van der Waals surface area contributed by atoms with Gasteiger partial charge in [0.25, 0.3) is 5.91 Å². The van der Waals surface area contributed by atoms with Crippen LogP contribution >= 0.6 is 11.6 Å². The first kappa shape index (κ1) is 13.2. The van der Waals surface area contributed by atoms with E-state index in [0.717, 1.165) is 19.6 Å². The number of benzene rings is 1. The number of rotatable bonds is 4. The zero-order valence-electron chi connectivity index (χ0n) is 10.2. The largest absolute Gasteiger partial charge is 0.507 e. The van der Waals surface area contributed by atoms with E-state index in [0.29, 0.717) is 11.6 Å². The summed E-state index contributed by atoms with van der Waals surface area (Å²) in [6.45, 7) is 3.69. The minimum absolute atomic E-state index is 0.0822. The number of phenolic OH excluding ortho intramolecular Hbond substituents is 1. The number of phenols is 1. The predicted molar refractivity (Wildman–Crippen MR) is 71.1 cm³/mol. The predicted octanol–water partition coefficient (Wildman–Crippen LogP) is 1.87. The number of nitrogens with zero attached hydrogens (tertiary/aromatic N) is 1. The fraction of sp³-hybridized carbons (Fsp3) is 0.462. The molecule has 1 amide bonds. The minimum atomic E-state index is -0.261. The van der Waals surface area contributed by atoms with Crippen molar-refractivity contribution in [2.45, 2.75) is 12.8 Å². The van der Waals surface area contributed by atoms with Gasteiger partial charge in [-0.1, -0.05) is 11.6 Å². The molecule has 1 saturated heterocycles. The number of nitrogens with one attached hydrogen (secondary N) is 1. The molecule has 18 heavy (non-hydrogen) atoms. The number of likely N-dealkylation sites (tertiary alicyclic amines) is 1. The maximum atomic E-state index is 11.8. The Bertz CT molecular complexity index is 431. The van der Waals surface area contributed by atoms with Crippen molar-refractivity contribution >= 4 is 17.5 Å². The van der Waals surface area contributed by atoms with Gasteiger partial charge in [0.15, 0.2) is 0 Å². The van der Waals surface area contributed by atoms with Gasteiger partial charge in [-0.3, -0.25) is 4.79 Å². The van der Waals surface area contributed by atoms with E-state index >= 15 is 0 Å². The molecule has 98 valence electrons. The average molecular weight is 269 g/mol. The first-order valence-electron chi connectivity index (χ1n) is 6.16. The Morgan fingerprint density at radius 2 is 2.11 bits per heavy atom. The molecule has 1 aromatic carbocycles. The van der Waals surface area contributed by atoms with Crippen LogP contribution in [0.4, 0.5) is 0 Å². The molecule has 0 atom stereocenters. The van der Waals surface area contributed by atoms with E-state index in [1.807, 2.05) is 0 Å². The second-order valence-electron chi connectivity index (χ2n) is 4.47. The topological polar surface area (TPSA) is 52.6 Å². The van der Waals surface area contributed by atoms with Gasteiger partial charge in [0.05, 0.1) is 5.56 Å². The highest BCUT2D eigenvalue weighted by atomic mass is 35.5. The molecule has 0 spiro atoms. The summed E-state index contributed by atoms with van der Waals surface area (Å²) in [4.78, 5) is 14.1. The SMILES string of the molecule is O=C(NCCN1CCCC1)c1ccc(Cl)cc1O. The summed E-state index contributed by atoms with van der Waals surface area (Å²) in [7, 11) is 0. The van der Waals surface area contributed by atoms with Crippen molar-refractivity contribution in [2.24, 2.45) is 0 Å². The minimum Gasteiger partial charge on any atom is -0.507 e. The molecular formula is C13H17ClN2O2. The summed E-state index contributed by atoms with van der Waals surface area (Å²) in [6, 6.07) is 4.50. The van der Waals surface area contributed by atoms with E-state index in [4.69, 9.17) is 11.6 Å². The van der Waals surface area contributed by atoms with Crippen molar-refractivity contribution in [2.75, 3.05) is 26.2 Å². The molecule has 5 heteroatoms. The van der Waals surface area contributed by atoms with E-state index in [-0.39, 0.29) is 17.2 Å². The van der Waals surface area contributed by atoms with E-state index in [1.165, 1.54) is 25.0 Å². The Hall–Kier alpha value is -1.26. The summed E-state index contributed by atoms with van der Waals surface area (Å²) < 4.78 is 0. The summed E-state index contributed by atoms with van der Waals surface area (Å²) in [5, 5.41) is 12.8. The van der Waals surface area contributed by atoms with Gasteiger partial charge in [-0.15, -0.1) is 0 Å². The highest BCUT2D eigenvalue weighted by molar-refractivity contribution is 6.30. The van der Waals surface area contributed by atoms with E-state index in [2.05, 4.69) is 10.2 Å². The molecule has 2 N–H and O–H groups in total. The van der Waals surface area contributed by atoms with Crippen molar-refractivity contribution < 1.29 is 9.90 Å². The molecule has 1 aliphatic rings. The summed E-state index contributed by atoms with van der Waals surface area (Å²) in [5.41, 5.74) is 0.265. The number of hydrogen-bond donors (Lipinski definition) is 2. The lowest BCUT2D eigenvalue weighted by molar-refractivity contribution is 0.0947. The molecular weight excluding hydrogens is 252 g/mol. The van der Waals surface area contributed by atoms with Crippen LogP contribution in [0.15, 0.2) is 18.2 Å². The van der Waals surface area contributed by atoms with Crippen molar-refractivity contribution in [1.82, 2.24) is 10.2 Å². The molecule has 1 aliphatic heterocycles. The Kier molecular flexibility index (Phi) is 4.44. The summed E-state index contributed by atoms with van der Waals surface area (Å²) in [6.07, 6.45) is 2.48. The van der Waals surface area contributed by atoms with Crippen LogP contribution in [0.5, 0.6) is 5.75 Å². The van der Waals surface area contributed by atoms with Gasteiger partial charge in [-0.25, -0.2) is 0 Å². The Labute approximate surface area is 112 Å². The zero-order chi connectivity index (χ0) is 13.0. The summed E-state index contributed by atoms with van der Waals surface area (Å²) in [5.74, 6) is -0.343. The van der Waals surface area contributed by atoms with Gasteiger partial charge in [-0.2, -0.15) is 0 Å². The van der Waals surface area contributed by atoms with Gasteiger partial charge < -0.3 is 15.3 Å². The third kappa shape index (κ3) is 3.37. The second-order valence-corrected chi connectivity index (χ2v) is 4.90. The lowest BCUT2D eigenvalue weighted by atomic mass is 10.2. The third-order valence-electron chi connectivity index (χ3n) is 3.12. The molecule has 2 rings (SSSR count). The van der Waals surface area contributed by atoms with Crippen LogP contribution in [-0.4, -0.2) is 42.1 Å². The maximum absolute atomic E-state index is 11.8. The second kappa shape index (κ2) is 6.07. The molecule has 1 aromatic rings. The first-order valence-corrected chi connectivity index (χ1v) is 6.53. The maximum Gasteiger partial charge on any atom is 0.255 e. The first-order chi connectivity index (χ1) is 8.66. The zero-order valence-corrected chi connectivity index (χ0v) is 10.9. The standard InChI is InChI=1S/C13H17ClN2O2/c14-10-3-4-11(12(17)9-10)13(18)15-5-8-16-6-1-2-7-16/h3-4,9,17H,1-2,5-8H2,(H,15,18). The molecule has 0 aromatic heterocycles. The van der Waals surface area contributed by atoms with Crippen LogP contribution in [0.25, 0.3) is 0 Å². The molecule has 0 saturated carbocycles. The van der Waals surface area contributed by atoms with Gasteiger partial charge in [0.2, 0.25) is 0 Å². The van der Waals surface area contributed by atoms with Crippen molar-refractivity contribution in [3.8, 4) is 5.75 Å². The lowest BCUT2D eigenvalue weighted by Crippen LogP contribution is -2.33. The molecule has 0 radical (unpaired) electrons. The molecule has 0 unspecified atom stereocenters. The Balaban J connectivity index is 1.83. The number of halogens is 1. The van der Waals surface area contributed by atoms with Crippen LogP contribution in [0.2, 0.25) is 5.02 Å². The van der Waals surface area contributed by atoms with Gasteiger partial charge in [0.1, 0.15) is 5.75 Å². The molecule has 0 bridgehead atoms. The molecule has 0 aliphatic carbocycles. The normalized spacial score (nSPS) is 15.8. The van der Waals surface area contributed by atoms with Gasteiger partial charge >= 0.3 is 0 Å². The van der Waals surface area contributed by atoms with E-state index in [9.17, 15) is 9.90 Å². The quantitative estimate of drug-likeness (QED) is 0.877. The number of carbonyl (C=O) groups excluding carboxylic acids is 1. The number of amides is 1. The molecule has 1 fully saturated rings. The number of aromatic hydroxyl groups is 1. The van der Waals surface area contributed by atoms with Crippen LogP contribution in [0.1, 0.15) is 23.2 Å². The van der Waals surface area contributed by atoms with Gasteiger partial charge in [0, 0.05) is 18.1 Å². The molecule has 4 nitrogen and oxygen atoms in total. The van der Waals surface area contributed by atoms with Crippen molar-refractivity contribution in [3.63, 3.8) is 0 Å². The lowest BCUT2D eigenvalue weighted by Gasteiger charge is -2.14. The summed E-state index contributed by atoms with van der Waals surface area (Å²) >= 11 is 5.71. The van der Waals surface area contributed by atoms with Crippen LogP contribution < -0.4 is 5.32 Å². The van der Waals surface area contributed by atoms with Crippen LogP contribution in [0.3, 0.4) is 0 Å². The van der Waals surface area contributed by atoms with E-state index < -0.39 is 0 Å². The highest BCUT2D eigenvalue weighted by Gasteiger charge is 2.13. The van der Waals surface area contributed by atoms with Crippen molar-refractivity contribution in [1.29, 1.82) is 0 Å². The van der Waals surface area contributed by atoms with Crippen molar-refractivity contribution in [3.05, 3.63) is 28.8 Å². The fourth-order valence-corrected chi connectivity index (χ4v) is 2.29. The highest BCUT2D eigenvalue weighted by Crippen LogP contribution is 2.21. The average Bonchev–Trinajstić information content (AvgIpc) is 2.81. The van der Waals surface area contributed by atoms with Crippen LogP contribution in [-0.2, 0) is 0 Å². The number of carbonyl (C=O) groups is 1. The van der Waals surface area contributed by atoms with Gasteiger partial charge in [-0.05, 0) is 44.1 Å². The monoisotopic (exact) mass is 268 g/mol. The van der Waals surface area contributed by atoms with E-state index in [1.54, 1.807) is 6.07 Å². The fourth-order valence-electron chi connectivity index (χ4n) is 2.13. The third-order valence-corrected chi connectivity index (χ3v) is 3.35. The Morgan fingerprint density at radius 3 is 2.78 bits per heavy atom. The number of hydrogen-bond acceptors (Lipinski definition) is 3. The van der Waals surface area contributed by atoms with Crippen LogP contribution in [0, 0.1) is 0 Å².